The van der Waals surface area contributed by atoms with Crippen LogP contribution in [0.15, 0.2) is 24.3 Å². The quantitative estimate of drug-likeness (QED) is 0.907. The highest BCUT2D eigenvalue weighted by Crippen LogP contribution is 2.14. The molecule has 1 aliphatic rings. The third-order valence-electron chi connectivity index (χ3n) is 3.87. The number of carbonyl (C=O) groups excluding carboxylic acids is 2. The molecule has 1 aromatic carbocycles. The van der Waals surface area contributed by atoms with Crippen LogP contribution < -0.4 is 5.32 Å². The Morgan fingerprint density at radius 2 is 2.00 bits per heavy atom. The van der Waals surface area contributed by atoms with Gasteiger partial charge in [0.25, 0.3) is 0 Å². The number of rotatable bonds is 4. The number of alkyl carbamates (subject to hydrolysis) is 1. The zero-order valence-electron chi connectivity index (χ0n) is 13.4. The molecular formula is C16H22ClN3O3. The van der Waals surface area contributed by atoms with E-state index in [0.717, 1.165) is 30.2 Å². The lowest BCUT2D eigenvalue weighted by Gasteiger charge is -2.36. The highest BCUT2D eigenvalue weighted by Gasteiger charge is 2.25. The van der Waals surface area contributed by atoms with Crippen LogP contribution in [0.4, 0.5) is 4.79 Å². The number of hydrogen-bond donors (Lipinski definition) is 1. The molecule has 1 aromatic rings. The lowest BCUT2D eigenvalue weighted by Crippen LogP contribution is -2.53. The third-order valence-corrected chi connectivity index (χ3v) is 4.10. The Hall–Kier alpha value is -1.79. The van der Waals surface area contributed by atoms with Gasteiger partial charge in [0.1, 0.15) is 6.04 Å². The summed E-state index contributed by atoms with van der Waals surface area (Å²) < 4.78 is 4.51. The van der Waals surface area contributed by atoms with Crippen molar-refractivity contribution in [1.82, 2.24) is 15.1 Å². The summed E-state index contributed by atoms with van der Waals surface area (Å²) in [5, 5.41) is 3.24. The highest BCUT2D eigenvalue weighted by molar-refractivity contribution is 6.30. The minimum atomic E-state index is -0.592. The summed E-state index contributed by atoms with van der Waals surface area (Å²) in [6, 6.07) is 7.23. The molecule has 1 N–H and O–H groups in total. The van der Waals surface area contributed by atoms with Gasteiger partial charge in [-0.2, -0.15) is 0 Å². The summed E-state index contributed by atoms with van der Waals surface area (Å²) in [4.78, 5) is 27.5. The SMILES string of the molecule is COC(=O)N[C@@H](C)C(=O)N1CCN(Cc2cccc(Cl)c2)CC1. The predicted molar refractivity (Wildman–Crippen MR) is 88.3 cm³/mol. The molecule has 1 fully saturated rings. The van der Waals surface area contributed by atoms with Gasteiger partial charge in [-0.3, -0.25) is 9.69 Å². The van der Waals surface area contributed by atoms with Crippen LogP contribution in [-0.4, -0.2) is 61.1 Å². The third kappa shape index (κ3) is 5.11. The molecule has 1 atom stereocenters. The Balaban J connectivity index is 1.81. The molecule has 1 heterocycles. The average Bonchev–Trinajstić information content (AvgIpc) is 2.54. The van der Waals surface area contributed by atoms with Crippen molar-refractivity contribution < 1.29 is 14.3 Å². The first-order valence-electron chi connectivity index (χ1n) is 7.59. The van der Waals surface area contributed by atoms with E-state index in [1.807, 2.05) is 24.3 Å². The van der Waals surface area contributed by atoms with Crippen LogP contribution in [0.2, 0.25) is 5.02 Å². The van der Waals surface area contributed by atoms with Crippen molar-refractivity contribution in [2.24, 2.45) is 0 Å². The van der Waals surface area contributed by atoms with E-state index in [2.05, 4.69) is 15.0 Å². The number of methoxy groups -OCH3 is 1. The second kappa shape index (κ2) is 8.17. The van der Waals surface area contributed by atoms with E-state index in [-0.39, 0.29) is 5.91 Å². The van der Waals surface area contributed by atoms with Crippen LogP contribution in [0, 0.1) is 0 Å². The number of hydrogen-bond acceptors (Lipinski definition) is 4. The van der Waals surface area contributed by atoms with E-state index in [1.165, 1.54) is 7.11 Å². The number of piperazine rings is 1. The highest BCUT2D eigenvalue weighted by atomic mass is 35.5. The zero-order chi connectivity index (χ0) is 16.8. The summed E-state index contributed by atoms with van der Waals surface area (Å²) in [6.07, 6.45) is -0.592. The van der Waals surface area contributed by atoms with Gasteiger partial charge in [0.2, 0.25) is 5.91 Å². The van der Waals surface area contributed by atoms with E-state index < -0.39 is 12.1 Å². The van der Waals surface area contributed by atoms with E-state index >= 15 is 0 Å². The van der Waals surface area contributed by atoms with Gasteiger partial charge in [-0.05, 0) is 24.6 Å². The van der Waals surface area contributed by atoms with Crippen molar-refractivity contribution in [1.29, 1.82) is 0 Å². The summed E-state index contributed by atoms with van der Waals surface area (Å²) in [5.74, 6) is -0.0854. The second-order valence-corrected chi connectivity index (χ2v) is 6.03. The van der Waals surface area contributed by atoms with Gasteiger partial charge in [0.15, 0.2) is 0 Å². The predicted octanol–water partition coefficient (Wildman–Crippen LogP) is 1.73. The number of ether oxygens (including phenoxy) is 1. The van der Waals surface area contributed by atoms with Crippen LogP contribution in [0.3, 0.4) is 0 Å². The Labute approximate surface area is 141 Å². The van der Waals surface area contributed by atoms with Gasteiger partial charge in [-0.1, -0.05) is 23.7 Å². The number of nitrogens with one attached hydrogen (secondary N) is 1. The summed E-state index contributed by atoms with van der Waals surface area (Å²) in [5.41, 5.74) is 1.16. The molecule has 0 aromatic heterocycles. The van der Waals surface area contributed by atoms with Crippen molar-refractivity contribution in [2.45, 2.75) is 19.5 Å². The summed E-state index contributed by atoms with van der Waals surface area (Å²) >= 11 is 6.00. The molecule has 0 saturated carbocycles. The first kappa shape index (κ1) is 17.6. The number of carbonyl (C=O) groups is 2. The van der Waals surface area contributed by atoms with Gasteiger partial charge in [-0.15, -0.1) is 0 Å². The van der Waals surface area contributed by atoms with Gasteiger partial charge < -0.3 is 15.0 Å². The van der Waals surface area contributed by atoms with E-state index in [1.54, 1.807) is 11.8 Å². The Kier molecular flexibility index (Phi) is 6.24. The Morgan fingerprint density at radius 1 is 1.30 bits per heavy atom. The lowest BCUT2D eigenvalue weighted by atomic mass is 10.2. The van der Waals surface area contributed by atoms with Gasteiger partial charge >= 0.3 is 6.09 Å². The molecular weight excluding hydrogens is 318 g/mol. The van der Waals surface area contributed by atoms with E-state index in [4.69, 9.17) is 11.6 Å². The van der Waals surface area contributed by atoms with Gasteiger partial charge in [-0.25, -0.2) is 4.79 Å². The van der Waals surface area contributed by atoms with E-state index in [9.17, 15) is 9.59 Å². The molecule has 0 spiro atoms. The van der Waals surface area contributed by atoms with Gasteiger partial charge in [0, 0.05) is 37.7 Å². The van der Waals surface area contributed by atoms with Crippen molar-refractivity contribution in [3.63, 3.8) is 0 Å². The molecule has 126 valence electrons. The molecule has 23 heavy (non-hydrogen) atoms. The standard InChI is InChI=1S/C16H22ClN3O3/c1-12(18-16(22)23-2)15(21)20-8-6-19(7-9-20)11-13-4-3-5-14(17)10-13/h3-5,10,12H,6-9,11H2,1-2H3,(H,18,22)/t12-/m0/s1. The largest absolute Gasteiger partial charge is 0.453 e. The molecule has 1 saturated heterocycles. The Bertz CT molecular complexity index is 559. The fourth-order valence-electron chi connectivity index (χ4n) is 2.59. The maximum Gasteiger partial charge on any atom is 0.407 e. The van der Waals surface area contributed by atoms with Crippen LogP contribution >= 0.6 is 11.6 Å². The first-order chi connectivity index (χ1) is 11.0. The molecule has 6 nitrogen and oxygen atoms in total. The first-order valence-corrected chi connectivity index (χ1v) is 7.97. The number of nitrogens with zero attached hydrogens (tertiary/aromatic N) is 2. The minimum absolute atomic E-state index is 0.0854. The lowest BCUT2D eigenvalue weighted by molar-refractivity contribution is -0.134. The molecule has 2 amide bonds. The van der Waals surface area contributed by atoms with Crippen molar-refractivity contribution in [2.75, 3.05) is 33.3 Å². The van der Waals surface area contributed by atoms with E-state index in [0.29, 0.717) is 13.1 Å². The minimum Gasteiger partial charge on any atom is -0.453 e. The van der Waals surface area contributed by atoms with Crippen molar-refractivity contribution >= 4 is 23.6 Å². The van der Waals surface area contributed by atoms with Crippen LogP contribution in [0.5, 0.6) is 0 Å². The van der Waals surface area contributed by atoms with Crippen molar-refractivity contribution in [3.05, 3.63) is 34.9 Å². The maximum absolute atomic E-state index is 12.3. The van der Waals surface area contributed by atoms with Crippen molar-refractivity contribution in [3.8, 4) is 0 Å². The molecule has 0 bridgehead atoms. The fourth-order valence-corrected chi connectivity index (χ4v) is 2.80. The number of benzene rings is 1. The second-order valence-electron chi connectivity index (χ2n) is 5.59. The maximum atomic E-state index is 12.3. The smallest absolute Gasteiger partial charge is 0.407 e. The average molecular weight is 340 g/mol. The van der Waals surface area contributed by atoms with Crippen LogP contribution in [0.25, 0.3) is 0 Å². The monoisotopic (exact) mass is 339 g/mol. The molecule has 7 heteroatoms. The zero-order valence-corrected chi connectivity index (χ0v) is 14.2. The topological polar surface area (TPSA) is 61.9 Å². The number of halogens is 1. The molecule has 0 radical (unpaired) electrons. The van der Waals surface area contributed by atoms with Crippen LogP contribution in [-0.2, 0) is 16.1 Å². The normalized spacial score (nSPS) is 16.7. The van der Waals surface area contributed by atoms with Gasteiger partial charge in [0.05, 0.1) is 7.11 Å². The summed E-state index contributed by atoms with van der Waals surface area (Å²) in [7, 11) is 1.28. The molecule has 0 aliphatic carbocycles. The molecule has 2 rings (SSSR count). The summed E-state index contributed by atoms with van der Waals surface area (Å²) in [6.45, 7) is 5.36. The van der Waals surface area contributed by atoms with Crippen LogP contribution in [0.1, 0.15) is 12.5 Å². The fraction of sp³-hybridized carbons (Fsp3) is 0.500. The molecule has 1 aliphatic heterocycles. The Morgan fingerprint density at radius 3 is 2.61 bits per heavy atom. The number of amides is 2. The molecule has 0 unspecified atom stereocenters.